The zero-order chi connectivity index (χ0) is 22.3. The van der Waals surface area contributed by atoms with Crippen LogP contribution >= 0.6 is 35.0 Å². The molecule has 1 amide bonds. The summed E-state index contributed by atoms with van der Waals surface area (Å²) in [7, 11) is 0. The smallest absolute Gasteiger partial charge is 0.250 e. The zero-order valence-electron chi connectivity index (χ0n) is 16.7. The number of hydrazone groups is 1. The first-order valence-electron chi connectivity index (χ1n) is 9.57. The number of halogens is 2. The molecule has 3 aromatic carbocycles. The van der Waals surface area contributed by atoms with Gasteiger partial charge in [0.1, 0.15) is 0 Å². The number of rotatable bonds is 7. The summed E-state index contributed by atoms with van der Waals surface area (Å²) < 4.78 is 1.90. The first-order chi connectivity index (χ1) is 15.6. The van der Waals surface area contributed by atoms with E-state index in [0.29, 0.717) is 21.0 Å². The average molecular weight is 482 g/mol. The van der Waals surface area contributed by atoms with Gasteiger partial charge < -0.3 is 0 Å². The molecule has 32 heavy (non-hydrogen) atoms. The number of nitrogens with one attached hydrogen (secondary N) is 1. The van der Waals surface area contributed by atoms with E-state index in [-0.39, 0.29) is 11.7 Å². The van der Waals surface area contributed by atoms with Crippen LogP contribution in [0, 0.1) is 0 Å². The van der Waals surface area contributed by atoms with Gasteiger partial charge >= 0.3 is 0 Å². The van der Waals surface area contributed by atoms with Gasteiger partial charge in [-0.2, -0.15) is 5.10 Å². The fourth-order valence-electron chi connectivity index (χ4n) is 2.85. The van der Waals surface area contributed by atoms with Crippen LogP contribution in [-0.4, -0.2) is 32.6 Å². The minimum absolute atomic E-state index is 0.123. The molecular formula is C23H17Cl2N5OS. The van der Waals surface area contributed by atoms with E-state index in [1.165, 1.54) is 11.8 Å². The highest BCUT2D eigenvalue weighted by Crippen LogP contribution is 2.28. The van der Waals surface area contributed by atoms with Crippen LogP contribution in [0.25, 0.3) is 17.1 Å². The normalized spacial score (nSPS) is 11.1. The lowest BCUT2D eigenvalue weighted by molar-refractivity contribution is -0.118. The van der Waals surface area contributed by atoms with Gasteiger partial charge in [0.25, 0.3) is 5.91 Å². The van der Waals surface area contributed by atoms with E-state index in [9.17, 15) is 4.79 Å². The summed E-state index contributed by atoms with van der Waals surface area (Å²) >= 11 is 13.2. The molecule has 0 unspecified atom stereocenters. The molecule has 0 aliphatic rings. The van der Waals surface area contributed by atoms with Crippen molar-refractivity contribution in [2.45, 2.75) is 5.16 Å². The van der Waals surface area contributed by atoms with E-state index in [4.69, 9.17) is 23.2 Å². The van der Waals surface area contributed by atoms with Gasteiger partial charge in [0.05, 0.1) is 12.0 Å². The summed E-state index contributed by atoms with van der Waals surface area (Å²) in [5.41, 5.74) is 5.12. The Hall–Kier alpha value is -3.13. The lowest BCUT2D eigenvalue weighted by atomic mass is 10.2. The highest BCUT2D eigenvalue weighted by Gasteiger charge is 2.17. The van der Waals surface area contributed by atoms with Gasteiger partial charge in [0.15, 0.2) is 11.0 Å². The van der Waals surface area contributed by atoms with Crippen molar-refractivity contribution in [3.63, 3.8) is 0 Å². The Kier molecular flexibility index (Phi) is 7.21. The van der Waals surface area contributed by atoms with E-state index in [0.717, 1.165) is 16.8 Å². The molecule has 4 aromatic rings. The summed E-state index contributed by atoms with van der Waals surface area (Å²) in [5, 5.41) is 14.5. The molecular weight excluding hydrogens is 465 g/mol. The monoisotopic (exact) mass is 481 g/mol. The molecule has 1 aromatic heterocycles. The number of hydrogen-bond donors (Lipinski definition) is 1. The zero-order valence-corrected chi connectivity index (χ0v) is 19.0. The van der Waals surface area contributed by atoms with Crippen LogP contribution in [-0.2, 0) is 4.79 Å². The number of hydrogen-bond acceptors (Lipinski definition) is 5. The van der Waals surface area contributed by atoms with Crippen molar-refractivity contribution in [1.82, 2.24) is 20.2 Å². The molecule has 0 fully saturated rings. The fourth-order valence-corrected chi connectivity index (χ4v) is 3.85. The van der Waals surface area contributed by atoms with Crippen LogP contribution in [0.5, 0.6) is 0 Å². The number of carbonyl (C=O) groups excluding carboxylic acids is 1. The molecule has 0 spiro atoms. The van der Waals surface area contributed by atoms with Gasteiger partial charge in [0, 0.05) is 21.3 Å². The van der Waals surface area contributed by atoms with Crippen molar-refractivity contribution in [2.75, 3.05) is 5.75 Å². The van der Waals surface area contributed by atoms with Crippen molar-refractivity contribution in [3.8, 4) is 17.1 Å². The summed E-state index contributed by atoms with van der Waals surface area (Å²) in [6, 6.07) is 24.3. The minimum Gasteiger partial charge on any atom is -0.272 e. The minimum atomic E-state index is -0.257. The number of nitrogens with zero attached hydrogens (tertiary/aromatic N) is 4. The van der Waals surface area contributed by atoms with Crippen LogP contribution in [0.15, 0.2) is 89.1 Å². The van der Waals surface area contributed by atoms with Crippen LogP contribution in [0.1, 0.15) is 5.56 Å². The van der Waals surface area contributed by atoms with E-state index in [1.807, 2.05) is 59.2 Å². The Morgan fingerprint density at radius 2 is 1.59 bits per heavy atom. The second-order valence-corrected chi connectivity index (χ2v) is 8.43. The molecule has 1 N–H and O–H groups in total. The molecule has 0 saturated carbocycles. The molecule has 0 bridgehead atoms. The Morgan fingerprint density at radius 3 is 2.28 bits per heavy atom. The summed E-state index contributed by atoms with van der Waals surface area (Å²) in [6.45, 7) is 0. The topological polar surface area (TPSA) is 72.2 Å². The number of benzene rings is 3. The molecule has 0 aliphatic carbocycles. The predicted molar refractivity (Wildman–Crippen MR) is 130 cm³/mol. The van der Waals surface area contributed by atoms with Gasteiger partial charge in [-0.25, -0.2) is 5.43 Å². The maximum Gasteiger partial charge on any atom is 0.250 e. The summed E-state index contributed by atoms with van der Waals surface area (Å²) in [6.07, 6.45) is 1.56. The Balaban J connectivity index is 1.49. The van der Waals surface area contributed by atoms with E-state index >= 15 is 0 Å². The lowest BCUT2D eigenvalue weighted by Gasteiger charge is -2.10. The summed E-state index contributed by atoms with van der Waals surface area (Å²) in [4.78, 5) is 12.3. The molecule has 160 valence electrons. The quantitative estimate of drug-likeness (QED) is 0.215. The second-order valence-electron chi connectivity index (χ2n) is 6.62. The van der Waals surface area contributed by atoms with Gasteiger partial charge in [-0.05, 0) is 42.0 Å². The number of carbonyl (C=O) groups is 1. The van der Waals surface area contributed by atoms with E-state index < -0.39 is 0 Å². The second kappa shape index (κ2) is 10.5. The molecule has 0 atom stereocenters. The van der Waals surface area contributed by atoms with Crippen molar-refractivity contribution in [2.24, 2.45) is 5.10 Å². The van der Waals surface area contributed by atoms with Crippen LogP contribution in [0.4, 0.5) is 0 Å². The number of thioether (sulfide) groups is 1. The Bertz CT molecular complexity index is 1230. The highest BCUT2D eigenvalue weighted by molar-refractivity contribution is 7.99. The number of amides is 1. The molecule has 6 nitrogen and oxygen atoms in total. The summed E-state index contributed by atoms with van der Waals surface area (Å²) in [5.74, 6) is 0.544. The van der Waals surface area contributed by atoms with Crippen LogP contribution < -0.4 is 5.43 Å². The van der Waals surface area contributed by atoms with Gasteiger partial charge in [-0.3, -0.25) is 9.36 Å². The predicted octanol–water partition coefficient (Wildman–Crippen LogP) is 5.48. The molecule has 9 heteroatoms. The molecule has 0 radical (unpaired) electrons. The standard InChI is InChI=1S/C23H17Cl2N5OS/c24-18-8-6-16(7-9-18)14-26-27-21(31)15-32-23-29-28-22(17-4-2-1-3-5-17)30(23)20-12-10-19(25)11-13-20/h1-14H,15H2,(H,27,31). The third kappa shape index (κ3) is 5.56. The first-order valence-corrected chi connectivity index (χ1v) is 11.3. The lowest BCUT2D eigenvalue weighted by Crippen LogP contribution is -2.20. The van der Waals surface area contributed by atoms with Crippen LogP contribution in [0.2, 0.25) is 10.0 Å². The van der Waals surface area contributed by atoms with Crippen molar-refractivity contribution >= 4 is 47.1 Å². The van der Waals surface area contributed by atoms with Crippen molar-refractivity contribution in [3.05, 3.63) is 94.5 Å². The van der Waals surface area contributed by atoms with E-state index in [2.05, 4.69) is 20.7 Å². The molecule has 1 heterocycles. The van der Waals surface area contributed by atoms with Gasteiger partial charge in [0.2, 0.25) is 0 Å². The highest BCUT2D eigenvalue weighted by atomic mass is 35.5. The average Bonchev–Trinajstić information content (AvgIpc) is 3.24. The number of aromatic nitrogens is 3. The van der Waals surface area contributed by atoms with Crippen molar-refractivity contribution < 1.29 is 4.79 Å². The molecule has 4 rings (SSSR count). The van der Waals surface area contributed by atoms with Crippen LogP contribution in [0.3, 0.4) is 0 Å². The third-order valence-electron chi connectivity index (χ3n) is 4.36. The van der Waals surface area contributed by atoms with Gasteiger partial charge in [-0.15, -0.1) is 10.2 Å². The largest absolute Gasteiger partial charge is 0.272 e. The fraction of sp³-hybridized carbons (Fsp3) is 0.0435. The maximum atomic E-state index is 12.3. The first kappa shape index (κ1) is 22.1. The Labute approximate surface area is 199 Å². The van der Waals surface area contributed by atoms with Gasteiger partial charge in [-0.1, -0.05) is 77.4 Å². The van der Waals surface area contributed by atoms with Crippen molar-refractivity contribution in [1.29, 1.82) is 0 Å². The Morgan fingerprint density at radius 1 is 0.938 bits per heavy atom. The SMILES string of the molecule is O=C(CSc1nnc(-c2ccccc2)n1-c1ccc(Cl)cc1)NN=Cc1ccc(Cl)cc1. The molecule has 0 aliphatic heterocycles. The maximum absolute atomic E-state index is 12.3. The molecule has 0 saturated heterocycles. The third-order valence-corrected chi connectivity index (χ3v) is 5.79. The van der Waals surface area contributed by atoms with E-state index in [1.54, 1.807) is 30.5 Å².